The van der Waals surface area contributed by atoms with E-state index in [9.17, 15) is 19.7 Å². The second-order valence-corrected chi connectivity index (χ2v) is 5.82. The minimum absolute atomic E-state index is 0.112. The van der Waals surface area contributed by atoms with Crippen LogP contribution < -0.4 is 5.56 Å². The van der Waals surface area contributed by atoms with Crippen LogP contribution in [0.4, 0.5) is 5.69 Å². The zero-order valence-corrected chi connectivity index (χ0v) is 14.3. The molecule has 3 rings (SSSR count). The van der Waals surface area contributed by atoms with Crippen LogP contribution in [0.5, 0.6) is 0 Å². The lowest BCUT2D eigenvalue weighted by Gasteiger charge is -2.16. The summed E-state index contributed by atoms with van der Waals surface area (Å²) in [4.78, 5) is 35.8. The van der Waals surface area contributed by atoms with Crippen LogP contribution in [0.25, 0.3) is 10.8 Å². The Morgan fingerprint density at radius 1 is 1.15 bits per heavy atom. The molecule has 0 aliphatic rings. The molecule has 0 saturated carbocycles. The summed E-state index contributed by atoms with van der Waals surface area (Å²) in [5.74, 6) is -0.594. The van der Waals surface area contributed by atoms with Gasteiger partial charge in [0.1, 0.15) is 0 Å². The highest BCUT2D eigenvalue weighted by Crippen LogP contribution is 2.25. The number of methoxy groups -OCH3 is 1. The van der Waals surface area contributed by atoms with Crippen LogP contribution in [-0.4, -0.2) is 22.6 Å². The van der Waals surface area contributed by atoms with Crippen molar-refractivity contribution in [1.29, 1.82) is 0 Å². The van der Waals surface area contributed by atoms with Crippen LogP contribution in [0.2, 0.25) is 0 Å². The number of fused-ring (bicyclic) bond motifs is 1. The largest absolute Gasteiger partial charge is 0.465 e. The number of hydrogen-bond acceptors (Lipinski definition) is 5. The Morgan fingerprint density at radius 3 is 2.46 bits per heavy atom. The zero-order chi connectivity index (χ0) is 18.8. The third-order valence-electron chi connectivity index (χ3n) is 4.30. The lowest BCUT2D eigenvalue weighted by atomic mass is 10.0. The Balaban J connectivity index is 2.34. The number of pyridine rings is 1. The molecule has 132 valence electrons. The maximum atomic E-state index is 13.0. The number of nitrogens with zero attached hydrogens (tertiary/aromatic N) is 2. The highest BCUT2D eigenvalue weighted by atomic mass is 16.6. The zero-order valence-electron chi connectivity index (χ0n) is 14.3. The van der Waals surface area contributed by atoms with Crippen LogP contribution in [0, 0.1) is 17.0 Å². The molecule has 0 bridgehead atoms. The summed E-state index contributed by atoms with van der Waals surface area (Å²) in [5, 5.41) is 11.5. The fourth-order valence-corrected chi connectivity index (χ4v) is 2.98. The lowest BCUT2D eigenvalue weighted by Crippen LogP contribution is -2.26. The van der Waals surface area contributed by atoms with Gasteiger partial charge in [-0.25, -0.2) is 4.79 Å². The number of ether oxygens (including phenoxy) is 1. The molecule has 0 radical (unpaired) electrons. The minimum atomic E-state index is -0.594. The second kappa shape index (κ2) is 6.79. The molecule has 2 aromatic carbocycles. The number of nitro groups is 1. The average Bonchev–Trinajstić information content (AvgIpc) is 2.65. The first kappa shape index (κ1) is 17.3. The van der Waals surface area contributed by atoms with Crippen LogP contribution in [0.3, 0.4) is 0 Å². The first-order valence-electron chi connectivity index (χ1n) is 7.88. The molecule has 1 heterocycles. The third kappa shape index (κ3) is 2.95. The van der Waals surface area contributed by atoms with Gasteiger partial charge in [-0.2, -0.15) is 0 Å². The lowest BCUT2D eigenvalue weighted by molar-refractivity contribution is -0.384. The van der Waals surface area contributed by atoms with E-state index in [-0.39, 0.29) is 23.2 Å². The maximum absolute atomic E-state index is 13.0. The van der Waals surface area contributed by atoms with Gasteiger partial charge in [-0.3, -0.25) is 14.9 Å². The molecule has 26 heavy (non-hydrogen) atoms. The summed E-state index contributed by atoms with van der Waals surface area (Å²) in [5.41, 5.74) is 0.955. The fraction of sp³-hybridized carbons (Fsp3) is 0.158. The van der Waals surface area contributed by atoms with Crippen molar-refractivity contribution in [3.05, 3.63) is 85.8 Å². The van der Waals surface area contributed by atoms with Crippen LogP contribution >= 0.6 is 0 Å². The van der Waals surface area contributed by atoms with Crippen molar-refractivity contribution in [2.24, 2.45) is 0 Å². The van der Waals surface area contributed by atoms with E-state index in [2.05, 4.69) is 0 Å². The number of non-ortho nitro benzene ring substituents is 1. The first-order chi connectivity index (χ1) is 12.4. The number of nitro benzene ring substituents is 1. The summed E-state index contributed by atoms with van der Waals surface area (Å²) in [6.45, 7) is 1.91. The molecule has 3 aromatic rings. The van der Waals surface area contributed by atoms with Crippen LogP contribution in [-0.2, 0) is 11.3 Å². The van der Waals surface area contributed by atoms with E-state index >= 15 is 0 Å². The number of esters is 1. The summed E-state index contributed by atoms with van der Waals surface area (Å²) < 4.78 is 6.30. The van der Waals surface area contributed by atoms with Gasteiger partial charge in [-0.05, 0) is 18.6 Å². The summed E-state index contributed by atoms with van der Waals surface area (Å²) >= 11 is 0. The number of aromatic nitrogens is 1. The Morgan fingerprint density at radius 2 is 1.85 bits per heavy atom. The molecule has 0 spiro atoms. The summed E-state index contributed by atoms with van der Waals surface area (Å²) in [6.07, 6.45) is 0. The average molecular weight is 352 g/mol. The van der Waals surface area contributed by atoms with E-state index < -0.39 is 16.5 Å². The van der Waals surface area contributed by atoms with Crippen molar-refractivity contribution < 1.29 is 14.5 Å². The van der Waals surface area contributed by atoms with Gasteiger partial charge in [0.25, 0.3) is 11.2 Å². The number of hydrogen-bond donors (Lipinski definition) is 0. The topological polar surface area (TPSA) is 91.4 Å². The second-order valence-electron chi connectivity index (χ2n) is 5.82. The van der Waals surface area contributed by atoms with Gasteiger partial charge >= 0.3 is 5.97 Å². The van der Waals surface area contributed by atoms with E-state index in [0.29, 0.717) is 11.1 Å². The van der Waals surface area contributed by atoms with Gasteiger partial charge in [0.2, 0.25) is 0 Å². The van der Waals surface area contributed by atoms with E-state index in [0.717, 1.165) is 5.56 Å². The maximum Gasteiger partial charge on any atom is 0.340 e. The van der Waals surface area contributed by atoms with Crippen LogP contribution in [0.1, 0.15) is 21.6 Å². The molecule has 0 amide bonds. The molecule has 7 nitrogen and oxygen atoms in total. The van der Waals surface area contributed by atoms with Gasteiger partial charge in [-0.1, -0.05) is 30.3 Å². The normalized spacial score (nSPS) is 10.7. The molecule has 7 heteroatoms. The van der Waals surface area contributed by atoms with E-state index in [1.807, 2.05) is 30.3 Å². The molecule has 1 aromatic heterocycles. The number of carbonyl (C=O) groups excluding carboxylic acids is 1. The monoisotopic (exact) mass is 352 g/mol. The predicted molar refractivity (Wildman–Crippen MR) is 96.5 cm³/mol. The molecule has 0 N–H and O–H groups in total. The van der Waals surface area contributed by atoms with Crippen molar-refractivity contribution in [1.82, 2.24) is 4.57 Å². The van der Waals surface area contributed by atoms with E-state index in [4.69, 9.17) is 4.74 Å². The van der Waals surface area contributed by atoms with Gasteiger partial charge in [0, 0.05) is 23.2 Å². The van der Waals surface area contributed by atoms with Gasteiger partial charge in [0.15, 0.2) is 0 Å². The highest BCUT2D eigenvalue weighted by Gasteiger charge is 2.21. The molecular weight excluding hydrogens is 336 g/mol. The first-order valence-corrected chi connectivity index (χ1v) is 7.88. The Bertz CT molecular complexity index is 1070. The molecule has 0 saturated heterocycles. The Labute approximate surface area is 148 Å². The standard InChI is InChI=1S/C19H16N2O5/c1-12-17(19(23)26-2)15-9-8-14(21(24)25)10-16(15)18(22)20(12)11-13-6-4-3-5-7-13/h3-10H,11H2,1-2H3. The Hall–Kier alpha value is -3.48. The van der Waals surface area contributed by atoms with Crippen LogP contribution in [0.15, 0.2) is 53.3 Å². The summed E-state index contributed by atoms with van der Waals surface area (Å²) in [7, 11) is 1.26. The SMILES string of the molecule is COC(=O)c1c(C)n(Cc2ccccc2)c(=O)c2cc([N+](=O)[O-])ccc12. The van der Waals surface area contributed by atoms with Crippen molar-refractivity contribution >= 4 is 22.4 Å². The van der Waals surface area contributed by atoms with E-state index in [1.165, 1.54) is 29.9 Å². The molecule has 0 aliphatic carbocycles. The quantitative estimate of drug-likeness (QED) is 0.409. The third-order valence-corrected chi connectivity index (χ3v) is 4.30. The smallest absolute Gasteiger partial charge is 0.340 e. The molecule has 0 unspecified atom stereocenters. The van der Waals surface area contributed by atoms with Gasteiger partial charge in [0.05, 0.1) is 29.5 Å². The minimum Gasteiger partial charge on any atom is -0.465 e. The highest BCUT2D eigenvalue weighted by molar-refractivity contribution is 6.05. The predicted octanol–water partition coefficient (Wildman–Crippen LogP) is 3.05. The molecule has 0 atom stereocenters. The fourth-order valence-electron chi connectivity index (χ4n) is 2.98. The van der Waals surface area contributed by atoms with Crippen molar-refractivity contribution in [2.75, 3.05) is 7.11 Å². The van der Waals surface area contributed by atoms with E-state index in [1.54, 1.807) is 6.92 Å². The molecule has 0 fully saturated rings. The van der Waals surface area contributed by atoms with Gasteiger partial charge in [-0.15, -0.1) is 0 Å². The number of carbonyl (C=O) groups is 1. The Kier molecular flexibility index (Phi) is 4.53. The van der Waals surface area contributed by atoms with Gasteiger partial charge < -0.3 is 9.30 Å². The van der Waals surface area contributed by atoms with Crippen molar-refractivity contribution in [3.63, 3.8) is 0 Å². The molecule has 0 aliphatic heterocycles. The number of rotatable bonds is 4. The van der Waals surface area contributed by atoms with Crippen molar-refractivity contribution in [2.45, 2.75) is 13.5 Å². The van der Waals surface area contributed by atoms with Crippen molar-refractivity contribution in [3.8, 4) is 0 Å². The summed E-state index contributed by atoms with van der Waals surface area (Å²) in [6, 6.07) is 13.2. The molecular formula is C19H16N2O5. The number of benzene rings is 2.